The van der Waals surface area contributed by atoms with E-state index in [1.165, 1.54) is 0 Å². The first-order valence-corrected chi connectivity index (χ1v) is 13.9. The molecule has 0 aromatic heterocycles. The second-order valence-corrected chi connectivity index (χ2v) is 9.69. The first-order chi connectivity index (χ1) is 20.8. The van der Waals surface area contributed by atoms with E-state index in [9.17, 15) is 0 Å². The molecule has 0 fully saturated rings. The first kappa shape index (κ1) is 26.5. The Balaban J connectivity index is 1.15. The molecular formula is C38H30N4. The normalized spacial score (nSPS) is 11.1. The summed E-state index contributed by atoms with van der Waals surface area (Å²) in [5.41, 5.74) is 8.55. The molecule has 6 aromatic carbocycles. The van der Waals surface area contributed by atoms with E-state index in [0.29, 0.717) is 0 Å². The average Bonchev–Trinajstić information content (AvgIpc) is 3.07. The topological polar surface area (TPSA) is 31.2 Å². The highest BCUT2D eigenvalue weighted by Crippen LogP contribution is 2.35. The van der Waals surface area contributed by atoms with Crippen molar-refractivity contribution in [3.05, 3.63) is 181 Å². The molecular weight excluding hydrogens is 512 g/mol. The van der Waals surface area contributed by atoms with Crippen LogP contribution in [0.4, 0.5) is 34.1 Å². The summed E-state index contributed by atoms with van der Waals surface area (Å²) in [6, 6.07) is 58.2. The maximum atomic E-state index is 4.30. The molecule has 0 atom stereocenters. The summed E-state index contributed by atoms with van der Waals surface area (Å²) in [4.78, 5) is 4.47. The molecule has 42 heavy (non-hydrogen) atoms. The molecule has 0 saturated carbocycles. The van der Waals surface area contributed by atoms with Gasteiger partial charge < -0.3 is 9.80 Å². The lowest BCUT2D eigenvalue weighted by Crippen LogP contribution is -2.09. The lowest BCUT2D eigenvalue weighted by atomic mass is 10.1. The van der Waals surface area contributed by atoms with Crippen LogP contribution < -0.4 is 9.80 Å². The van der Waals surface area contributed by atoms with Gasteiger partial charge in [-0.05, 0) is 83.9 Å². The Morgan fingerprint density at radius 1 is 0.286 bits per heavy atom. The molecule has 202 valence electrons. The molecule has 0 N–H and O–H groups in total. The smallest absolute Gasteiger partial charge is 0.0568 e. The van der Waals surface area contributed by atoms with Crippen molar-refractivity contribution < 1.29 is 0 Å². The molecule has 0 spiro atoms. The Hall–Kier alpha value is -5.74. The average molecular weight is 543 g/mol. The van der Waals surface area contributed by atoms with Crippen molar-refractivity contribution in [3.63, 3.8) is 0 Å². The van der Waals surface area contributed by atoms with Crippen LogP contribution in [0.2, 0.25) is 0 Å². The van der Waals surface area contributed by atoms with Crippen LogP contribution in [0.25, 0.3) is 0 Å². The Morgan fingerprint density at radius 3 is 0.786 bits per heavy atom. The third kappa shape index (κ3) is 6.35. The third-order valence-electron chi connectivity index (χ3n) is 6.84. The second kappa shape index (κ2) is 13.1. The summed E-state index contributed by atoms with van der Waals surface area (Å²) >= 11 is 0. The molecule has 0 amide bonds. The lowest BCUT2D eigenvalue weighted by molar-refractivity contribution is 1.26. The highest BCUT2D eigenvalue weighted by molar-refractivity contribution is 5.85. The molecule has 0 radical (unpaired) electrons. The molecule has 6 aromatic rings. The molecule has 0 saturated heterocycles. The Labute approximate surface area is 247 Å². The van der Waals surface area contributed by atoms with E-state index >= 15 is 0 Å². The molecule has 0 aliphatic rings. The summed E-state index contributed by atoms with van der Waals surface area (Å²) < 4.78 is 0. The molecule has 4 heteroatoms. The largest absolute Gasteiger partial charge is 0.311 e. The van der Waals surface area contributed by atoms with E-state index in [4.69, 9.17) is 0 Å². The maximum Gasteiger partial charge on any atom is 0.0568 e. The predicted molar refractivity (Wildman–Crippen MR) is 177 cm³/mol. The SMILES string of the molecule is C(=NN=Cc1ccc(N(c2ccccc2)c2ccccc2)cc1)c1ccc(N(c2ccccc2)c2ccccc2)cc1. The summed E-state index contributed by atoms with van der Waals surface area (Å²) in [7, 11) is 0. The van der Waals surface area contributed by atoms with Crippen molar-refractivity contribution in [2.24, 2.45) is 10.2 Å². The fourth-order valence-corrected chi connectivity index (χ4v) is 4.82. The number of benzene rings is 6. The van der Waals surface area contributed by atoms with Gasteiger partial charge in [0.2, 0.25) is 0 Å². The van der Waals surface area contributed by atoms with Gasteiger partial charge in [-0.25, -0.2) is 0 Å². The summed E-state index contributed by atoms with van der Waals surface area (Å²) in [5, 5.41) is 8.60. The summed E-state index contributed by atoms with van der Waals surface area (Å²) in [6.07, 6.45) is 3.55. The van der Waals surface area contributed by atoms with Crippen LogP contribution in [-0.2, 0) is 0 Å². The van der Waals surface area contributed by atoms with Gasteiger partial charge in [-0.1, -0.05) is 97.1 Å². The number of nitrogens with zero attached hydrogens (tertiary/aromatic N) is 4. The van der Waals surface area contributed by atoms with Crippen molar-refractivity contribution in [1.29, 1.82) is 0 Å². The van der Waals surface area contributed by atoms with E-state index in [1.807, 2.05) is 24.3 Å². The number of hydrogen-bond donors (Lipinski definition) is 0. The summed E-state index contributed by atoms with van der Waals surface area (Å²) in [6.45, 7) is 0. The van der Waals surface area contributed by atoms with Crippen molar-refractivity contribution in [2.75, 3.05) is 9.80 Å². The van der Waals surface area contributed by atoms with Gasteiger partial charge in [-0.2, -0.15) is 10.2 Å². The Kier molecular flexibility index (Phi) is 8.24. The van der Waals surface area contributed by atoms with Gasteiger partial charge in [0.05, 0.1) is 12.4 Å². The minimum absolute atomic E-state index is 0.980. The fourth-order valence-electron chi connectivity index (χ4n) is 4.82. The van der Waals surface area contributed by atoms with Crippen molar-refractivity contribution in [2.45, 2.75) is 0 Å². The molecule has 0 unspecified atom stereocenters. The van der Waals surface area contributed by atoms with E-state index < -0.39 is 0 Å². The standard InChI is InChI=1S/C38H30N4/c1-5-13-33(14-6-1)41(34-15-7-2-8-16-34)37-25-21-31(22-26-37)29-39-40-30-32-23-27-38(28-24-32)42(35-17-9-3-10-18-35)36-19-11-4-12-20-36/h1-30H. The first-order valence-electron chi connectivity index (χ1n) is 13.9. The van der Waals surface area contributed by atoms with Gasteiger partial charge in [0.25, 0.3) is 0 Å². The third-order valence-corrected chi connectivity index (χ3v) is 6.84. The Morgan fingerprint density at radius 2 is 0.524 bits per heavy atom. The highest BCUT2D eigenvalue weighted by Gasteiger charge is 2.12. The number of anilines is 6. The van der Waals surface area contributed by atoms with Gasteiger partial charge in [0.1, 0.15) is 0 Å². The van der Waals surface area contributed by atoms with Gasteiger partial charge >= 0.3 is 0 Å². The molecule has 0 aliphatic carbocycles. The zero-order chi connectivity index (χ0) is 28.4. The van der Waals surface area contributed by atoms with E-state index in [-0.39, 0.29) is 0 Å². The zero-order valence-electron chi connectivity index (χ0n) is 23.1. The monoisotopic (exact) mass is 542 g/mol. The fraction of sp³-hybridized carbons (Fsp3) is 0. The van der Waals surface area contributed by atoms with Crippen LogP contribution >= 0.6 is 0 Å². The van der Waals surface area contributed by atoms with E-state index in [2.05, 4.69) is 166 Å². The second-order valence-electron chi connectivity index (χ2n) is 9.69. The zero-order valence-corrected chi connectivity index (χ0v) is 23.1. The van der Waals surface area contributed by atoms with Crippen LogP contribution in [0.1, 0.15) is 11.1 Å². The van der Waals surface area contributed by atoms with Crippen LogP contribution in [-0.4, -0.2) is 12.4 Å². The highest BCUT2D eigenvalue weighted by atomic mass is 15.2. The minimum atomic E-state index is 0.980. The van der Waals surface area contributed by atoms with Gasteiger partial charge in [-0.15, -0.1) is 0 Å². The van der Waals surface area contributed by atoms with Crippen LogP contribution in [0, 0.1) is 0 Å². The van der Waals surface area contributed by atoms with Gasteiger partial charge in [-0.3, -0.25) is 0 Å². The van der Waals surface area contributed by atoms with E-state index in [0.717, 1.165) is 45.3 Å². The van der Waals surface area contributed by atoms with Gasteiger partial charge in [0.15, 0.2) is 0 Å². The van der Waals surface area contributed by atoms with Crippen LogP contribution in [0.15, 0.2) is 180 Å². The van der Waals surface area contributed by atoms with Crippen LogP contribution in [0.3, 0.4) is 0 Å². The van der Waals surface area contributed by atoms with Crippen molar-refractivity contribution in [3.8, 4) is 0 Å². The van der Waals surface area contributed by atoms with E-state index in [1.54, 1.807) is 12.4 Å². The molecule has 6 rings (SSSR count). The number of rotatable bonds is 9. The molecule has 0 heterocycles. The van der Waals surface area contributed by atoms with Crippen molar-refractivity contribution >= 4 is 46.6 Å². The maximum absolute atomic E-state index is 4.30. The predicted octanol–water partition coefficient (Wildman–Crippen LogP) is 10.1. The van der Waals surface area contributed by atoms with Gasteiger partial charge in [0, 0.05) is 34.1 Å². The van der Waals surface area contributed by atoms with Crippen molar-refractivity contribution in [1.82, 2.24) is 0 Å². The molecule has 0 bridgehead atoms. The molecule has 0 aliphatic heterocycles. The quantitative estimate of drug-likeness (QED) is 0.134. The summed E-state index contributed by atoms with van der Waals surface area (Å²) in [5.74, 6) is 0. The number of hydrogen-bond acceptors (Lipinski definition) is 4. The van der Waals surface area contributed by atoms with Crippen LogP contribution in [0.5, 0.6) is 0 Å². The minimum Gasteiger partial charge on any atom is -0.311 e. The Bertz CT molecular complexity index is 1520. The molecule has 4 nitrogen and oxygen atoms in total. The number of para-hydroxylation sites is 4. The lowest BCUT2D eigenvalue weighted by Gasteiger charge is -2.25.